The normalized spacial score (nSPS) is 21.9. The Hall–Kier alpha value is -2.09. The minimum absolute atomic E-state index is 0.107. The van der Waals surface area contributed by atoms with Gasteiger partial charge in [0.25, 0.3) is 0 Å². The van der Waals surface area contributed by atoms with Crippen LogP contribution in [0.1, 0.15) is 39.0 Å². The quantitative estimate of drug-likeness (QED) is 0.659. The average Bonchev–Trinajstić information content (AvgIpc) is 2.95. The van der Waals surface area contributed by atoms with Crippen LogP contribution in [-0.2, 0) is 14.3 Å². The highest BCUT2D eigenvalue weighted by atomic mass is 32.2. The van der Waals surface area contributed by atoms with Crippen LogP contribution in [0.25, 0.3) is 0 Å². The van der Waals surface area contributed by atoms with Crippen molar-refractivity contribution < 1.29 is 14.3 Å². The van der Waals surface area contributed by atoms with Gasteiger partial charge in [-0.1, -0.05) is 30.8 Å². The van der Waals surface area contributed by atoms with E-state index in [2.05, 4.69) is 38.7 Å². The van der Waals surface area contributed by atoms with E-state index in [0.717, 1.165) is 36.8 Å². The number of carbonyl (C=O) groups excluding carboxylic acids is 2. The number of rotatable bonds is 5. The van der Waals surface area contributed by atoms with Gasteiger partial charge >= 0.3 is 5.97 Å². The molecule has 7 nitrogen and oxygen atoms in total. The van der Waals surface area contributed by atoms with Gasteiger partial charge in [0.05, 0.1) is 7.11 Å². The van der Waals surface area contributed by atoms with E-state index in [9.17, 15) is 9.59 Å². The zero-order valence-corrected chi connectivity index (χ0v) is 17.4. The lowest BCUT2D eigenvalue weighted by Gasteiger charge is -2.36. The fourth-order valence-electron chi connectivity index (χ4n) is 3.44. The van der Waals surface area contributed by atoms with E-state index in [1.165, 1.54) is 12.7 Å². The number of carbonyl (C=O) groups is 2. The van der Waals surface area contributed by atoms with Crippen LogP contribution in [0.2, 0.25) is 0 Å². The summed E-state index contributed by atoms with van der Waals surface area (Å²) in [5, 5.41) is 1.57. The summed E-state index contributed by atoms with van der Waals surface area (Å²) in [6.07, 6.45) is 9.21. The molecule has 1 fully saturated rings. The van der Waals surface area contributed by atoms with Crippen molar-refractivity contribution in [3.63, 3.8) is 0 Å². The van der Waals surface area contributed by atoms with Crippen LogP contribution >= 0.6 is 11.8 Å². The Labute approximate surface area is 170 Å². The average molecular weight is 405 g/mol. The molecule has 0 radical (unpaired) electrons. The number of ether oxygens (including phenoxy) is 1. The molecule has 0 N–H and O–H groups in total. The molecule has 3 aliphatic heterocycles. The van der Waals surface area contributed by atoms with Crippen molar-refractivity contribution in [1.82, 2.24) is 9.80 Å². The molecule has 152 valence electrons. The zero-order chi connectivity index (χ0) is 19.9. The largest absolute Gasteiger partial charge is 0.469 e. The molecule has 0 aromatic carbocycles. The highest BCUT2D eigenvalue weighted by Gasteiger charge is 2.25. The van der Waals surface area contributed by atoms with Gasteiger partial charge in [-0.15, -0.1) is 0 Å². The SMILES string of the molecule is CCC1C=CC2=C(N=CN=C(N3CCN(C(=O)CCCC(=O)OC)CC3)C2)S1. The monoisotopic (exact) mass is 404 g/mol. The van der Waals surface area contributed by atoms with E-state index in [-0.39, 0.29) is 11.9 Å². The van der Waals surface area contributed by atoms with E-state index in [1.807, 2.05) is 16.7 Å². The van der Waals surface area contributed by atoms with Gasteiger partial charge in [-0.05, 0) is 18.4 Å². The number of hydrogen-bond donors (Lipinski definition) is 0. The second-order valence-corrected chi connectivity index (χ2v) is 8.25. The second-order valence-electron chi connectivity index (χ2n) is 7.02. The van der Waals surface area contributed by atoms with Crippen molar-refractivity contribution in [2.75, 3.05) is 33.3 Å². The van der Waals surface area contributed by atoms with Crippen LogP contribution in [-0.4, -0.2) is 72.4 Å². The maximum Gasteiger partial charge on any atom is 0.305 e. The van der Waals surface area contributed by atoms with Crippen LogP contribution in [0.4, 0.5) is 0 Å². The third-order valence-corrected chi connectivity index (χ3v) is 6.56. The first kappa shape index (κ1) is 20.6. The molecule has 1 saturated heterocycles. The maximum atomic E-state index is 12.3. The number of amidine groups is 1. The van der Waals surface area contributed by atoms with Crippen LogP contribution in [0.3, 0.4) is 0 Å². The minimum atomic E-state index is -0.264. The van der Waals surface area contributed by atoms with Crippen molar-refractivity contribution in [2.45, 2.75) is 44.3 Å². The Bertz CT molecular complexity index is 721. The van der Waals surface area contributed by atoms with Gasteiger partial charge in [0.1, 0.15) is 17.2 Å². The molecule has 8 heteroatoms. The summed E-state index contributed by atoms with van der Waals surface area (Å²) in [4.78, 5) is 36.8. The summed E-state index contributed by atoms with van der Waals surface area (Å²) < 4.78 is 4.61. The number of nitrogens with zero attached hydrogens (tertiary/aromatic N) is 4. The standard InChI is InChI=1S/C20H28N4O3S/c1-3-16-8-7-15-13-17(21-14-22-20(15)28-16)23-9-11-24(12-10-23)18(25)5-4-6-19(26)27-2/h7-8,14,16H,3-6,9-13H2,1-2H3. The van der Waals surface area contributed by atoms with Gasteiger partial charge in [-0.2, -0.15) is 0 Å². The molecule has 0 aliphatic carbocycles. The summed E-state index contributed by atoms with van der Waals surface area (Å²) in [7, 11) is 1.37. The number of esters is 1. The molecule has 3 heterocycles. The summed E-state index contributed by atoms with van der Waals surface area (Å²) in [5.74, 6) is 0.862. The molecule has 28 heavy (non-hydrogen) atoms. The predicted octanol–water partition coefficient (Wildman–Crippen LogP) is 2.60. The van der Waals surface area contributed by atoms with Crippen molar-refractivity contribution in [3.05, 3.63) is 22.8 Å². The Morgan fingerprint density at radius 3 is 2.75 bits per heavy atom. The van der Waals surface area contributed by atoms with Gasteiger partial charge in [-0.3, -0.25) is 9.59 Å². The van der Waals surface area contributed by atoms with Crippen LogP contribution in [0.15, 0.2) is 32.7 Å². The lowest BCUT2D eigenvalue weighted by Crippen LogP contribution is -2.50. The molecule has 1 atom stereocenters. The predicted molar refractivity (Wildman–Crippen MR) is 112 cm³/mol. The first-order valence-corrected chi connectivity index (χ1v) is 10.8. The van der Waals surface area contributed by atoms with Crippen molar-refractivity contribution in [1.29, 1.82) is 0 Å². The van der Waals surface area contributed by atoms with Crippen molar-refractivity contribution in [2.24, 2.45) is 9.98 Å². The molecule has 0 aromatic heterocycles. The summed E-state index contributed by atoms with van der Waals surface area (Å²) in [5.41, 5.74) is 1.23. The highest BCUT2D eigenvalue weighted by Crippen LogP contribution is 2.35. The van der Waals surface area contributed by atoms with Crippen LogP contribution in [0, 0.1) is 0 Å². The molecular weight excluding hydrogens is 376 g/mol. The summed E-state index contributed by atoms with van der Waals surface area (Å²) in [6, 6.07) is 0. The molecule has 0 aromatic rings. The Balaban J connectivity index is 1.49. The maximum absolute atomic E-state index is 12.3. The Morgan fingerprint density at radius 1 is 1.25 bits per heavy atom. The van der Waals surface area contributed by atoms with Gasteiger partial charge in [0, 0.05) is 50.7 Å². The lowest BCUT2D eigenvalue weighted by molar-refractivity contribution is -0.141. The number of thioether (sulfide) groups is 1. The van der Waals surface area contributed by atoms with E-state index in [4.69, 9.17) is 0 Å². The van der Waals surface area contributed by atoms with Crippen LogP contribution in [0.5, 0.6) is 0 Å². The molecule has 0 saturated carbocycles. The highest BCUT2D eigenvalue weighted by molar-refractivity contribution is 8.03. The number of amides is 1. The second kappa shape index (κ2) is 9.91. The first-order valence-electron chi connectivity index (χ1n) is 9.87. The number of allylic oxidation sites excluding steroid dienone is 1. The molecule has 0 spiro atoms. The van der Waals surface area contributed by atoms with E-state index in [0.29, 0.717) is 37.6 Å². The Morgan fingerprint density at radius 2 is 2.04 bits per heavy atom. The van der Waals surface area contributed by atoms with E-state index < -0.39 is 0 Å². The first-order chi connectivity index (χ1) is 13.6. The zero-order valence-electron chi connectivity index (χ0n) is 16.6. The minimum Gasteiger partial charge on any atom is -0.469 e. The molecule has 3 aliphatic rings. The fourth-order valence-corrected chi connectivity index (χ4v) is 4.45. The van der Waals surface area contributed by atoms with Gasteiger partial charge in [0.15, 0.2) is 0 Å². The molecule has 0 bridgehead atoms. The molecule has 1 unspecified atom stereocenters. The van der Waals surface area contributed by atoms with Crippen LogP contribution < -0.4 is 0 Å². The molecule has 1 amide bonds. The number of aliphatic imine (C=N–C) groups is 2. The lowest BCUT2D eigenvalue weighted by atomic mass is 10.1. The van der Waals surface area contributed by atoms with Gasteiger partial charge in [0.2, 0.25) is 5.91 Å². The van der Waals surface area contributed by atoms with E-state index >= 15 is 0 Å². The molecular formula is C20H28N4O3S. The van der Waals surface area contributed by atoms with Gasteiger partial charge in [-0.25, -0.2) is 9.98 Å². The summed E-state index contributed by atoms with van der Waals surface area (Å²) >= 11 is 1.81. The molecule has 3 rings (SSSR count). The summed E-state index contributed by atoms with van der Waals surface area (Å²) in [6.45, 7) is 5.09. The Kier molecular flexibility index (Phi) is 7.30. The number of hydrogen-bond acceptors (Lipinski definition) is 7. The smallest absolute Gasteiger partial charge is 0.305 e. The van der Waals surface area contributed by atoms with Gasteiger partial charge < -0.3 is 14.5 Å². The number of piperazine rings is 1. The van der Waals surface area contributed by atoms with E-state index in [1.54, 1.807) is 6.34 Å². The number of methoxy groups -OCH3 is 1. The third kappa shape index (κ3) is 5.25. The van der Waals surface area contributed by atoms with Crippen molar-refractivity contribution in [3.8, 4) is 0 Å². The topological polar surface area (TPSA) is 74.6 Å². The van der Waals surface area contributed by atoms with Crippen molar-refractivity contribution >= 4 is 35.8 Å². The third-order valence-electron chi connectivity index (χ3n) is 5.18. The fraction of sp³-hybridized carbons (Fsp3) is 0.600.